The molecule has 2 N–H and O–H groups in total. The Balaban J connectivity index is 1.40. The molecule has 1 aromatic carbocycles. The van der Waals surface area contributed by atoms with Crippen LogP contribution in [0.2, 0.25) is 0 Å². The molecule has 3 atom stereocenters. The van der Waals surface area contributed by atoms with Gasteiger partial charge in [0.05, 0.1) is 6.54 Å². The van der Waals surface area contributed by atoms with Gasteiger partial charge in [-0.2, -0.15) is 0 Å². The number of rotatable bonds is 5. The second kappa shape index (κ2) is 6.58. The van der Waals surface area contributed by atoms with Gasteiger partial charge in [-0.05, 0) is 43.8 Å². The van der Waals surface area contributed by atoms with Crippen LogP contribution in [0.1, 0.15) is 12.5 Å². The fourth-order valence-corrected chi connectivity index (χ4v) is 3.70. The maximum absolute atomic E-state index is 12.1. The van der Waals surface area contributed by atoms with E-state index in [2.05, 4.69) is 34.6 Å². The lowest BCUT2D eigenvalue weighted by Crippen LogP contribution is -2.41. The first-order valence-corrected chi connectivity index (χ1v) is 7.99. The number of likely N-dealkylation sites (tertiary alicyclic amines) is 1. The van der Waals surface area contributed by atoms with Gasteiger partial charge in [0, 0.05) is 19.1 Å². The maximum Gasteiger partial charge on any atom is 0.234 e. The Bertz CT molecular complexity index is 476. The summed E-state index contributed by atoms with van der Waals surface area (Å²) >= 11 is 0. The molecule has 2 saturated heterocycles. The number of hydrogen-bond acceptors (Lipinski definition) is 3. The number of nitrogens with one attached hydrogen (secondary N) is 2. The van der Waals surface area contributed by atoms with E-state index in [4.69, 9.17) is 0 Å². The average Bonchev–Trinajstić information content (AvgIpc) is 3.05. The van der Waals surface area contributed by atoms with Crippen LogP contribution in [0.5, 0.6) is 0 Å². The highest BCUT2D eigenvalue weighted by Gasteiger charge is 2.41. The summed E-state index contributed by atoms with van der Waals surface area (Å²) < 4.78 is 0. The molecule has 1 amide bonds. The predicted molar refractivity (Wildman–Crippen MR) is 84.0 cm³/mol. The number of fused-ring (bicyclic) bond motifs is 1. The number of amides is 1. The fourth-order valence-electron chi connectivity index (χ4n) is 3.70. The van der Waals surface area contributed by atoms with Crippen LogP contribution in [0.25, 0.3) is 0 Å². The molecule has 0 aliphatic carbocycles. The lowest BCUT2D eigenvalue weighted by atomic mass is 9.95. The van der Waals surface area contributed by atoms with Gasteiger partial charge < -0.3 is 10.6 Å². The Morgan fingerprint density at radius 3 is 2.90 bits per heavy atom. The summed E-state index contributed by atoms with van der Waals surface area (Å²) in [7, 11) is 0. The molecule has 0 aromatic heterocycles. The minimum absolute atomic E-state index is 0.158. The van der Waals surface area contributed by atoms with E-state index in [9.17, 15) is 4.79 Å². The topological polar surface area (TPSA) is 44.4 Å². The molecule has 2 aliphatic heterocycles. The van der Waals surface area contributed by atoms with Gasteiger partial charge in [-0.25, -0.2) is 0 Å². The Morgan fingerprint density at radius 2 is 2.14 bits per heavy atom. The first-order valence-electron chi connectivity index (χ1n) is 7.99. The zero-order valence-corrected chi connectivity index (χ0v) is 12.7. The molecule has 0 spiro atoms. The third kappa shape index (κ3) is 3.44. The second-order valence-electron chi connectivity index (χ2n) is 6.34. The number of carbonyl (C=O) groups excluding carboxylic acids is 1. The number of nitrogens with zero attached hydrogens (tertiary/aromatic N) is 1. The van der Waals surface area contributed by atoms with E-state index in [1.165, 1.54) is 5.56 Å². The van der Waals surface area contributed by atoms with Crippen molar-refractivity contribution in [1.29, 1.82) is 0 Å². The number of hydrogen-bond donors (Lipinski definition) is 2. The highest BCUT2D eigenvalue weighted by Crippen LogP contribution is 2.31. The van der Waals surface area contributed by atoms with Crippen LogP contribution >= 0.6 is 0 Å². The molecule has 0 radical (unpaired) electrons. The third-order valence-electron chi connectivity index (χ3n) is 4.98. The van der Waals surface area contributed by atoms with Gasteiger partial charge in [0.25, 0.3) is 0 Å². The smallest absolute Gasteiger partial charge is 0.234 e. The molecule has 114 valence electrons. The largest absolute Gasteiger partial charge is 0.355 e. The third-order valence-corrected chi connectivity index (χ3v) is 4.98. The molecule has 3 rings (SSSR count). The first-order chi connectivity index (χ1) is 10.2. The van der Waals surface area contributed by atoms with Crippen LogP contribution < -0.4 is 10.6 Å². The van der Waals surface area contributed by atoms with Crippen LogP contribution in [0.15, 0.2) is 30.3 Å². The molecule has 3 unspecified atom stereocenters. The summed E-state index contributed by atoms with van der Waals surface area (Å²) in [6, 6.07) is 10.8. The van der Waals surface area contributed by atoms with Gasteiger partial charge in [0.1, 0.15) is 0 Å². The minimum Gasteiger partial charge on any atom is -0.355 e. The molecule has 4 nitrogen and oxygen atoms in total. The monoisotopic (exact) mass is 287 g/mol. The molecule has 0 bridgehead atoms. The van der Waals surface area contributed by atoms with Crippen molar-refractivity contribution in [2.75, 3.05) is 32.7 Å². The van der Waals surface area contributed by atoms with Crippen molar-refractivity contribution in [2.45, 2.75) is 19.4 Å². The van der Waals surface area contributed by atoms with Gasteiger partial charge in [0.15, 0.2) is 0 Å². The van der Waals surface area contributed by atoms with Crippen molar-refractivity contribution >= 4 is 5.91 Å². The number of benzene rings is 1. The van der Waals surface area contributed by atoms with E-state index >= 15 is 0 Å². The average molecular weight is 287 g/mol. The van der Waals surface area contributed by atoms with Gasteiger partial charge in [0.2, 0.25) is 5.91 Å². The standard InChI is InChI=1S/C17H25N3O/c1-13-16-10-18-9-15(16)11-20(13)12-17(21)19-8-7-14-5-3-2-4-6-14/h2-6,13,15-16,18H,7-12H2,1H3,(H,19,21). The Morgan fingerprint density at radius 1 is 1.33 bits per heavy atom. The molecule has 1 aromatic rings. The van der Waals surface area contributed by atoms with Crippen molar-refractivity contribution in [2.24, 2.45) is 11.8 Å². The maximum atomic E-state index is 12.1. The molecule has 0 saturated carbocycles. The molecule has 4 heteroatoms. The predicted octanol–water partition coefficient (Wildman–Crippen LogP) is 0.885. The Labute approximate surface area is 126 Å². The Kier molecular flexibility index (Phi) is 4.56. The summed E-state index contributed by atoms with van der Waals surface area (Å²) in [5, 5.41) is 6.50. The number of carbonyl (C=O) groups is 1. The van der Waals surface area contributed by atoms with Crippen LogP contribution in [0.4, 0.5) is 0 Å². The quantitative estimate of drug-likeness (QED) is 0.845. The van der Waals surface area contributed by atoms with E-state index in [1.807, 2.05) is 18.2 Å². The Hall–Kier alpha value is -1.39. The van der Waals surface area contributed by atoms with E-state index in [0.29, 0.717) is 12.6 Å². The summed E-state index contributed by atoms with van der Waals surface area (Å²) in [4.78, 5) is 14.4. The lowest BCUT2D eigenvalue weighted by Gasteiger charge is -2.23. The van der Waals surface area contributed by atoms with Crippen LogP contribution in [0.3, 0.4) is 0 Å². The van der Waals surface area contributed by atoms with Crippen molar-refractivity contribution in [3.8, 4) is 0 Å². The van der Waals surface area contributed by atoms with Crippen LogP contribution in [0, 0.1) is 11.8 Å². The van der Waals surface area contributed by atoms with Crippen molar-refractivity contribution < 1.29 is 4.79 Å². The summed E-state index contributed by atoms with van der Waals surface area (Å²) in [6.07, 6.45) is 0.900. The van der Waals surface area contributed by atoms with Gasteiger partial charge in [-0.3, -0.25) is 9.69 Å². The zero-order chi connectivity index (χ0) is 14.7. The highest BCUT2D eigenvalue weighted by atomic mass is 16.2. The van der Waals surface area contributed by atoms with Gasteiger partial charge in [-0.15, -0.1) is 0 Å². The van der Waals surface area contributed by atoms with E-state index in [0.717, 1.165) is 44.4 Å². The highest BCUT2D eigenvalue weighted by molar-refractivity contribution is 5.78. The second-order valence-corrected chi connectivity index (χ2v) is 6.34. The molecular weight excluding hydrogens is 262 g/mol. The zero-order valence-electron chi connectivity index (χ0n) is 12.7. The molecule has 2 heterocycles. The molecular formula is C17H25N3O. The van der Waals surface area contributed by atoms with E-state index in [1.54, 1.807) is 0 Å². The van der Waals surface area contributed by atoms with Crippen LogP contribution in [-0.4, -0.2) is 49.6 Å². The van der Waals surface area contributed by atoms with Crippen LogP contribution in [-0.2, 0) is 11.2 Å². The SMILES string of the molecule is CC1C2CNCC2CN1CC(=O)NCCc1ccccc1. The molecule has 2 aliphatic rings. The lowest BCUT2D eigenvalue weighted by molar-refractivity contribution is -0.122. The fraction of sp³-hybridized carbons (Fsp3) is 0.588. The summed E-state index contributed by atoms with van der Waals surface area (Å²) in [6.45, 7) is 6.81. The van der Waals surface area contributed by atoms with Gasteiger partial charge >= 0.3 is 0 Å². The van der Waals surface area contributed by atoms with E-state index in [-0.39, 0.29) is 5.91 Å². The van der Waals surface area contributed by atoms with Crippen molar-refractivity contribution in [3.05, 3.63) is 35.9 Å². The minimum atomic E-state index is 0.158. The molecule has 21 heavy (non-hydrogen) atoms. The van der Waals surface area contributed by atoms with Crippen molar-refractivity contribution in [3.63, 3.8) is 0 Å². The summed E-state index contributed by atoms with van der Waals surface area (Å²) in [5.74, 6) is 1.62. The normalized spacial score (nSPS) is 28.5. The summed E-state index contributed by atoms with van der Waals surface area (Å²) in [5.41, 5.74) is 1.27. The van der Waals surface area contributed by atoms with Gasteiger partial charge in [-0.1, -0.05) is 30.3 Å². The van der Waals surface area contributed by atoms with E-state index < -0.39 is 0 Å². The first kappa shape index (κ1) is 14.5. The molecule has 2 fully saturated rings. The van der Waals surface area contributed by atoms with Crippen molar-refractivity contribution in [1.82, 2.24) is 15.5 Å².